The smallest absolute Gasteiger partial charge is 0.225 e. The first-order valence-corrected chi connectivity index (χ1v) is 6.54. The van der Waals surface area contributed by atoms with Gasteiger partial charge in [-0.25, -0.2) is 0 Å². The lowest BCUT2D eigenvalue weighted by Gasteiger charge is -2.17. The summed E-state index contributed by atoms with van der Waals surface area (Å²) in [6.45, 7) is 8.80. The van der Waals surface area contributed by atoms with Gasteiger partial charge in [0.05, 0.1) is 0 Å². The van der Waals surface area contributed by atoms with E-state index in [4.69, 9.17) is 0 Å². The largest absolute Gasteiger partial charge is 0.356 e. The van der Waals surface area contributed by atoms with Crippen LogP contribution in [0.25, 0.3) is 0 Å². The van der Waals surface area contributed by atoms with Crippen molar-refractivity contribution in [3.05, 3.63) is 12.2 Å². The zero-order valence-corrected chi connectivity index (χ0v) is 12.0. The molecule has 0 bridgehead atoms. The highest BCUT2D eigenvalue weighted by atomic mass is 16.2. The molecule has 0 aromatic rings. The summed E-state index contributed by atoms with van der Waals surface area (Å²) in [6.07, 6.45) is 5.98. The Morgan fingerprint density at radius 1 is 1.11 bits per heavy atom. The van der Waals surface area contributed by atoms with E-state index in [9.17, 15) is 9.59 Å². The molecular weight excluding hydrogens is 228 g/mol. The quantitative estimate of drug-likeness (QED) is 0.539. The van der Waals surface area contributed by atoms with Crippen LogP contribution >= 0.6 is 0 Å². The van der Waals surface area contributed by atoms with E-state index in [1.54, 1.807) is 0 Å². The van der Waals surface area contributed by atoms with Gasteiger partial charge in [-0.05, 0) is 19.8 Å². The summed E-state index contributed by atoms with van der Waals surface area (Å²) in [5.74, 6) is 0.0699. The van der Waals surface area contributed by atoms with E-state index < -0.39 is 0 Å². The van der Waals surface area contributed by atoms with Crippen molar-refractivity contribution in [2.24, 2.45) is 5.41 Å². The first kappa shape index (κ1) is 16.7. The minimum absolute atomic E-state index is 0.0241. The Hall–Kier alpha value is -1.32. The molecule has 2 N–H and O–H groups in total. The molecule has 0 aliphatic heterocycles. The average molecular weight is 254 g/mol. The predicted molar refractivity (Wildman–Crippen MR) is 74.1 cm³/mol. The number of amides is 2. The maximum atomic E-state index is 11.5. The van der Waals surface area contributed by atoms with Crippen LogP contribution in [0.2, 0.25) is 0 Å². The van der Waals surface area contributed by atoms with Crippen molar-refractivity contribution in [2.45, 2.75) is 47.0 Å². The molecule has 4 heteroatoms. The minimum Gasteiger partial charge on any atom is -0.356 e. The van der Waals surface area contributed by atoms with Gasteiger partial charge in [0.2, 0.25) is 11.8 Å². The van der Waals surface area contributed by atoms with Crippen LogP contribution in [0.3, 0.4) is 0 Å². The zero-order valence-electron chi connectivity index (χ0n) is 12.0. The molecule has 0 aliphatic carbocycles. The van der Waals surface area contributed by atoms with E-state index in [-0.39, 0.29) is 17.2 Å². The first-order chi connectivity index (χ1) is 8.38. The van der Waals surface area contributed by atoms with Crippen LogP contribution in [0.1, 0.15) is 47.0 Å². The van der Waals surface area contributed by atoms with Gasteiger partial charge >= 0.3 is 0 Å². The van der Waals surface area contributed by atoms with Gasteiger partial charge in [-0.3, -0.25) is 9.59 Å². The fourth-order valence-corrected chi connectivity index (χ4v) is 1.27. The zero-order chi connectivity index (χ0) is 14.0. The summed E-state index contributed by atoms with van der Waals surface area (Å²) in [5, 5.41) is 5.66. The highest BCUT2D eigenvalue weighted by Crippen LogP contribution is 2.12. The van der Waals surface area contributed by atoms with Gasteiger partial charge < -0.3 is 10.6 Å². The Morgan fingerprint density at radius 2 is 1.78 bits per heavy atom. The third-order valence-electron chi connectivity index (χ3n) is 2.42. The second-order valence-corrected chi connectivity index (χ2v) is 5.32. The Labute approximate surface area is 110 Å². The third-order valence-corrected chi connectivity index (χ3v) is 2.42. The van der Waals surface area contributed by atoms with Crippen molar-refractivity contribution in [3.8, 4) is 0 Å². The molecule has 2 amide bonds. The summed E-state index contributed by atoms with van der Waals surface area (Å²) in [6, 6.07) is 0. The van der Waals surface area contributed by atoms with Crippen molar-refractivity contribution in [1.82, 2.24) is 10.6 Å². The number of allylic oxidation sites excluding steroid dienone is 1. The molecule has 0 saturated carbocycles. The Balaban J connectivity index is 3.55. The number of rotatable bonds is 7. The van der Waals surface area contributed by atoms with Gasteiger partial charge in [0.1, 0.15) is 0 Å². The highest BCUT2D eigenvalue weighted by Gasteiger charge is 2.20. The van der Waals surface area contributed by atoms with Gasteiger partial charge in [-0.15, -0.1) is 0 Å². The molecule has 0 aromatic heterocycles. The topological polar surface area (TPSA) is 58.2 Å². The van der Waals surface area contributed by atoms with Crippen LogP contribution in [0.15, 0.2) is 12.2 Å². The van der Waals surface area contributed by atoms with Gasteiger partial charge in [0.25, 0.3) is 0 Å². The Bertz CT molecular complexity index is 291. The maximum Gasteiger partial charge on any atom is 0.225 e. The highest BCUT2D eigenvalue weighted by molar-refractivity contribution is 5.81. The molecule has 0 heterocycles. The summed E-state index contributed by atoms with van der Waals surface area (Å²) in [4.78, 5) is 22.9. The molecule has 0 spiro atoms. The SMILES string of the molecule is C/C=C/CCNC(=O)CCCNC(=O)C(C)(C)C. The molecule has 0 unspecified atom stereocenters. The molecule has 0 aliphatic rings. The number of nitrogens with one attached hydrogen (secondary N) is 2. The second-order valence-electron chi connectivity index (χ2n) is 5.32. The van der Waals surface area contributed by atoms with Gasteiger partial charge in [0.15, 0.2) is 0 Å². The molecule has 0 rings (SSSR count). The third kappa shape index (κ3) is 8.79. The molecule has 104 valence electrons. The lowest BCUT2D eigenvalue weighted by atomic mass is 9.96. The monoisotopic (exact) mass is 254 g/mol. The molecule has 18 heavy (non-hydrogen) atoms. The van der Waals surface area contributed by atoms with Crippen LogP contribution in [0, 0.1) is 5.41 Å². The number of carbonyl (C=O) groups is 2. The van der Waals surface area contributed by atoms with E-state index in [0.717, 1.165) is 6.42 Å². The van der Waals surface area contributed by atoms with Crippen molar-refractivity contribution in [3.63, 3.8) is 0 Å². The Kier molecular flexibility index (Phi) is 8.08. The molecule has 0 atom stereocenters. The van der Waals surface area contributed by atoms with E-state index in [0.29, 0.717) is 25.9 Å². The van der Waals surface area contributed by atoms with E-state index in [1.807, 2.05) is 39.8 Å². The lowest BCUT2D eigenvalue weighted by molar-refractivity contribution is -0.128. The van der Waals surface area contributed by atoms with Gasteiger partial charge in [-0.2, -0.15) is 0 Å². The van der Waals surface area contributed by atoms with Crippen LogP contribution in [0.5, 0.6) is 0 Å². The fourth-order valence-electron chi connectivity index (χ4n) is 1.27. The molecule has 0 aromatic carbocycles. The fraction of sp³-hybridized carbons (Fsp3) is 0.714. The number of hydrogen-bond donors (Lipinski definition) is 2. The normalized spacial score (nSPS) is 11.6. The molecular formula is C14H26N2O2. The minimum atomic E-state index is -0.366. The number of hydrogen-bond acceptors (Lipinski definition) is 2. The standard InChI is InChI=1S/C14H26N2O2/c1-5-6-7-10-15-12(17)9-8-11-16-13(18)14(2,3)4/h5-6H,7-11H2,1-4H3,(H,15,17)(H,16,18)/b6-5+. The van der Waals surface area contributed by atoms with Crippen molar-refractivity contribution in [1.29, 1.82) is 0 Å². The molecule has 0 saturated heterocycles. The van der Waals surface area contributed by atoms with Crippen LogP contribution in [0.4, 0.5) is 0 Å². The average Bonchev–Trinajstić information content (AvgIpc) is 2.28. The summed E-state index contributed by atoms with van der Waals surface area (Å²) < 4.78 is 0. The van der Waals surface area contributed by atoms with Crippen LogP contribution in [-0.4, -0.2) is 24.9 Å². The van der Waals surface area contributed by atoms with E-state index in [2.05, 4.69) is 10.6 Å². The van der Waals surface area contributed by atoms with Crippen molar-refractivity contribution >= 4 is 11.8 Å². The van der Waals surface area contributed by atoms with E-state index >= 15 is 0 Å². The summed E-state index contributed by atoms with van der Waals surface area (Å²) in [7, 11) is 0. The molecule has 0 radical (unpaired) electrons. The molecule has 0 fully saturated rings. The summed E-state index contributed by atoms with van der Waals surface area (Å²) in [5.41, 5.74) is -0.366. The van der Waals surface area contributed by atoms with Gasteiger partial charge in [0, 0.05) is 24.9 Å². The lowest BCUT2D eigenvalue weighted by Crippen LogP contribution is -2.35. The Morgan fingerprint density at radius 3 is 2.33 bits per heavy atom. The predicted octanol–water partition coefficient (Wildman–Crippen LogP) is 2.01. The van der Waals surface area contributed by atoms with E-state index in [1.165, 1.54) is 0 Å². The molecule has 4 nitrogen and oxygen atoms in total. The van der Waals surface area contributed by atoms with Crippen molar-refractivity contribution < 1.29 is 9.59 Å². The summed E-state index contributed by atoms with van der Waals surface area (Å²) >= 11 is 0. The maximum absolute atomic E-state index is 11.5. The van der Waals surface area contributed by atoms with Crippen LogP contribution in [-0.2, 0) is 9.59 Å². The number of carbonyl (C=O) groups excluding carboxylic acids is 2. The van der Waals surface area contributed by atoms with Gasteiger partial charge in [-0.1, -0.05) is 32.9 Å². The first-order valence-electron chi connectivity index (χ1n) is 6.54. The van der Waals surface area contributed by atoms with Crippen LogP contribution < -0.4 is 10.6 Å². The second kappa shape index (κ2) is 8.72. The van der Waals surface area contributed by atoms with Crippen molar-refractivity contribution in [2.75, 3.05) is 13.1 Å².